The van der Waals surface area contributed by atoms with E-state index in [1.54, 1.807) is 0 Å². The van der Waals surface area contributed by atoms with Crippen molar-refractivity contribution in [2.75, 3.05) is 5.75 Å². The average Bonchev–Trinajstić information content (AvgIpc) is 2.47. The number of hydrogen-bond acceptors (Lipinski definition) is 3. The van der Waals surface area contributed by atoms with Crippen LogP contribution in [0.4, 0.5) is 0 Å². The summed E-state index contributed by atoms with van der Waals surface area (Å²) in [6, 6.07) is 5.84. The summed E-state index contributed by atoms with van der Waals surface area (Å²) in [6.07, 6.45) is 7.59. The van der Waals surface area contributed by atoms with E-state index in [1.807, 2.05) is 30.0 Å². The normalized spacial score (nSPS) is 18.1. The summed E-state index contributed by atoms with van der Waals surface area (Å²) in [6.45, 7) is 0. The molecule has 112 valence electrons. The van der Waals surface area contributed by atoms with Gasteiger partial charge in [0, 0.05) is 27.1 Å². The third-order valence-corrected chi connectivity index (χ3v) is 6.08. The van der Waals surface area contributed by atoms with Gasteiger partial charge in [0.2, 0.25) is 0 Å². The largest absolute Gasteiger partial charge is 0.271 e. The number of hydrazine groups is 1. The van der Waals surface area contributed by atoms with E-state index in [-0.39, 0.29) is 6.04 Å². The summed E-state index contributed by atoms with van der Waals surface area (Å²) in [5, 5.41) is 2.24. The Morgan fingerprint density at radius 2 is 1.85 bits per heavy atom. The molecule has 0 bridgehead atoms. The van der Waals surface area contributed by atoms with Gasteiger partial charge in [-0.1, -0.05) is 48.5 Å². The Kier molecular flexibility index (Phi) is 6.99. The van der Waals surface area contributed by atoms with Gasteiger partial charge in [-0.05, 0) is 37.0 Å². The fourth-order valence-corrected chi connectivity index (χ4v) is 4.56. The molecule has 2 rings (SSSR count). The highest BCUT2D eigenvalue weighted by Crippen LogP contribution is 2.30. The molecule has 1 aromatic carbocycles. The fraction of sp³-hybridized carbons (Fsp3) is 0.600. The SMILES string of the molecule is NNC(CSC1CCCCC1)Cc1c(Cl)cccc1Cl. The van der Waals surface area contributed by atoms with Gasteiger partial charge in [0.25, 0.3) is 0 Å². The van der Waals surface area contributed by atoms with Crippen LogP contribution in [0, 0.1) is 0 Å². The van der Waals surface area contributed by atoms with Crippen molar-refractivity contribution in [3.8, 4) is 0 Å². The standard InChI is InChI=1S/C15H22Cl2N2S/c16-14-7-4-8-15(17)13(14)9-11(19-18)10-20-12-5-2-1-3-6-12/h4,7-8,11-12,19H,1-3,5-6,9-10,18H2. The molecule has 0 heterocycles. The lowest BCUT2D eigenvalue weighted by Crippen LogP contribution is -2.39. The van der Waals surface area contributed by atoms with Gasteiger partial charge >= 0.3 is 0 Å². The predicted octanol–water partition coefficient (Wildman–Crippen LogP) is 4.43. The monoisotopic (exact) mass is 332 g/mol. The third kappa shape index (κ3) is 4.81. The summed E-state index contributed by atoms with van der Waals surface area (Å²) in [7, 11) is 0. The van der Waals surface area contributed by atoms with Crippen LogP contribution in [0.15, 0.2) is 18.2 Å². The van der Waals surface area contributed by atoms with Crippen molar-refractivity contribution in [1.82, 2.24) is 5.43 Å². The molecule has 20 heavy (non-hydrogen) atoms. The molecule has 0 spiro atoms. The molecule has 1 aliphatic carbocycles. The van der Waals surface area contributed by atoms with Crippen molar-refractivity contribution in [2.24, 2.45) is 5.84 Å². The predicted molar refractivity (Wildman–Crippen MR) is 90.6 cm³/mol. The summed E-state index contributed by atoms with van der Waals surface area (Å²) in [4.78, 5) is 0. The van der Waals surface area contributed by atoms with Crippen LogP contribution in [-0.2, 0) is 6.42 Å². The van der Waals surface area contributed by atoms with E-state index in [1.165, 1.54) is 32.1 Å². The average molecular weight is 333 g/mol. The first-order valence-electron chi connectivity index (χ1n) is 7.21. The lowest BCUT2D eigenvalue weighted by Gasteiger charge is -2.24. The zero-order valence-corrected chi connectivity index (χ0v) is 13.9. The Balaban J connectivity index is 1.88. The molecule has 1 unspecified atom stereocenters. The van der Waals surface area contributed by atoms with Gasteiger partial charge in [-0.15, -0.1) is 0 Å². The van der Waals surface area contributed by atoms with E-state index in [4.69, 9.17) is 29.0 Å². The van der Waals surface area contributed by atoms with Crippen LogP contribution >= 0.6 is 35.0 Å². The summed E-state index contributed by atoms with van der Waals surface area (Å²) < 4.78 is 0. The Labute approximate surface area is 135 Å². The Bertz CT molecular complexity index is 402. The number of thioether (sulfide) groups is 1. The van der Waals surface area contributed by atoms with Crippen LogP contribution in [0.2, 0.25) is 10.0 Å². The first-order valence-corrected chi connectivity index (χ1v) is 9.01. The smallest absolute Gasteiger partial charge is 0.0453 e. The molecule has 3 N–H and O–H groups in total. The number of hydrogen-bond donors (Lipinski definition) is 2. The van der Waals surface area contributed by atoms with Gasteiger partial charge in [-0.3, -0.25) is 11.3 Å². The van der Waals surface area contributed by atoms with Gasteiger partial charge in [-0.2, -0.15) is 11.8 Å². The highest BCUT2D eigenvalue weighted by molar-refractivity contribution is 7.99. The van der Waals surface area contributed by atoms with E-state index < -0.39 is 0 Å². The molecule has 0 amide bonds. The number of benzene rings is 1. The number of halogens is 2. The maximum Gasteiger partial charge on any atom is 0.0453 e. The first kappa shape index (κ1) is 16.4. The Morgan fingerprint density at radius 3 is 2.45 bits per heavy atom. The van der Waals surface area contributed by atoms with E-state index in [2.05, 4.69) is 5.43 Å². The van der Waals surface area contributed by atoms with Gasteiger partial charge in [-0.25, -0.2) is 0 Å². The Morgan fingerprint density at radius 1 is 1.20 bits per heavy atom. The summed E-state index contributed by atoms with van der Waals surface area (Å²) in [5.74, 6) is 6.69. The zero-order chi connectivity index (χ0) is 14.4. The second-order valence-electron chi connectivity index (χ2n) is 5.36. The number of rotatable bonds is 6. The lowest BCUT2D eigenvalue weighted by molar-refractivity contribution is 0.513. The van der Waals surface area contributed by atoms with E-state index in [0.717, 1.165) is 33.0 Å². The zero-order valence-electron chi connectivity index (χ0n) is 11.6. The van der Waals surface area contributed by atoms with Crippen LogP contribution in [-0.4, -0.2) is 17.0 Å². The minimum Gasteiger partial charge on any atom is -0.271 e. The maximum absolute atomic E-state index is 6.22. The van der Waals surface area contributed by atoms with Crippen molar-refractivity contribution in [2.45, 2.75) is 49.8 Å². The molecule has 1 saturated carbocycles. The highest BCUT2D eigenvalue weighted by atomic mass is 35.5. The molecule has 1 aromatic rings. The molecule has 1 aliphatic rings. The van der Waals surface area contributed by atoms with Gasteiger partial charge in [0.05, 0.1) is 0 Å². The summed E-state index contributed by atoms with van der Waals surface area (Å²) >= 11 is 14.5. The van der Waals surface area contributed by atoms with Gasteiger partial charge in [0.1, 0.15) is 0 Å². The van der Waals surface area contributed by atoms with Crippen LogP contribution < -0.4 is 11.3 Å². The highest BCUT2D eigenvalue weighted by Gasteiger charge is 2.18. The molecule has 0 aromatic heterocycles. The molecule has 1 fully saturated rings. The molecular formula is C15H22Cl2N2S. The third-order valence-electron chi connectivity index (χ3n) is 3.83. The van der Waals surface area contributed by atoms with Crippen molar-refractivity contribution in [3.05, 3.63) is 33.8 Å². The van der Waals surface area contributed by atoms with E-state index in [0.29, 0.717) is 0 Å². The molecule has 0 saturated heterocycles. The molecule has 0 aliphatic heterocycles. The Hall–Kier alpha value is 0.0700. The van der Waals surface area contributed by atoms with Crippen molar-refractivity contribution in [3.63, 3.8) is 0 Å². The van der Waals surface area contributed by atoms with Gasteiger partial charge in [0.15, 0.2) is 0 Å². The lowest BCUT2D eigenvalue weighted by atomic mass is 10.0. The van der Waals surface area contributed by atoms with Crippen molar-refractivity contribution >= 4 is 35.0 Å². The van der Waals surface area contributed by atoms with Gasteiger partial charge < -0.3 is 0 Å². The molecule has 1 atom stereocenters. The first-order chi connectivity index (χ1) is 9.70. The van der Waals surface area contributed by atoms with E-state index in [9.17, 15) is 0 Å². The topological polar surface area (TPSA) is 38.0 Å². The maximum atomic E-state index is 6.22. The van der Waals surface area contributed by atoms with E-state index >= 15 is 0 Å². The summed E-state index contributed by atoms with van der Waals surface area (Å²) in [5.41, 5.74) is 3.90. The van der Waals surface area contributed by atoms with Crippen LogP contribution in [0.25, 0.3) is 0 Å². The minimum atomic E-state index is 0.208. The van der Waals surface area contributed by atoms with Crippen molar-refractivity contribution in [1.29, 1.82) is 0 Å². The quantitative estimate of drug-likeness (QED) is 0.597. The van der Waals surface area contributed by atoms with Crippen LogP contribution in [0.5, 0.6) is 0 Å². The molecule has 5 heteroatoms. The van der Waals surface area contributed by atoms with Crippen LogP contribution in [0.3, 0.4) is 0 Å². The molecule has 0 radical (unpaired) electrons. The van der Waals surface area contributed by atoms with Crippen LogP contribution in [0.1, 0.15) is 37.7 Å². The fourth-order valence-electron chi connectivity index (χ4n) is 2.62. The molecule has 2 nitrogen and oxygen atoms in total. The minimum absolute atomic E-state index is 0.208. The second-order valence-corrected chi connectivity index (χ2v) is 7.51. The number of nitrogens with two attached hydrogens (primary N) is 1. The van der Waals surface area contributed by atoms with Crippen molar-refractivity contribution < 1.29 is 0 Å². The number of nitrogens with one attached hydrogen (secondary N) is 1. The second kappa shape index (κ2) is 8.50. The molecular weight excluding hydrogens is 311 g/mol.